The molecular weight excluding hydrogens is 294 g/mol. The summed E-state index contributed by atoms with van der Waals surface area (Å²) in [6, 6.07) is 13.6. The van der Waals surface area contributed by atoms with Gasteiger partial charge in [-0.3, -0.25) is 4.79 Å². The predicted octanol–water partition coefficient (Wildman–Crippen LogP) is 2.18. The van der Waals surface area contributed by atoms with Gasteiger partial charge < -0.3 is 20.3 Å². The molecule has 2 aromatic carbocycles. The van der Waals surface area contributed by atoms with E-state index in [-0.39, 0.29) is 18.3 Å². The molecule has 0 radical (unpaired) electrons. The van der Waals surface area contributed by atoms with E-state index in [1.807, 2.05) is 18.2 Å². The van der Waals surface area contributed by atoms with Crippen LogP contribution < -0.4 is 10.1 Å². The molecule has 5 nitrogen and oxygen atoms in total. The van der Waals surface area contributed by atoms with Crippen LogP contribution in [0.5, 0.6) is 11.5 Å². The summed E-state index contributed by atoms with van der Waals surface area (Å²) in [5, 5.41) is 21.6. The highest BCUT2D eigenvalue weighted by Gasteiger charge is 2.14. The average Bonchev–Trinajstić information content (AvgIpc) is 2.59. The van der Waals surface area contributed by atoms with E-state index >= 15 is 0 Å². The Morgan fingerprint density at radius 2 is 1.96 bits per heavy atom. The largest absolute Gasteiger partial charge is 0.508 e. The van der Waals surface area contributed by atoms with Gasteiger partial charge in [-0.1, -0.05) is 24.3 Å². The molecule has 23 heavy (non-hydrogen) atoms. The average molecular weight is 315 g/mol. The number of aryl methyl sites for hydroxylation is 1. The van der Waals surface area contributed by atoms with Crippen molar-refractivity contribution in [2.75, 3.05) is 13.7 Å². The zero-order valence-electron chi connectivity index (χ0n) is 13.0. The third-order valence-electron chi connectivity index (χ3n) is 3.59. The zero-order chi connectivity index (χ0) is 16.7. The van der Waals surface area contributed by atoms with Gasteiger partial charge in [0.15, 0.2) is 0 Å². The molecule has 2 aromatic rings. The number of aromatic hydroxyl groups is 1. The minimum atomic E-state index is -0.461. The van der Waals surface area contributed by atoms with Crippen LogP contribution in [0.15, 0.2) is 48.5 Å². The second kappa shape index (κ2) is 8.19. The maximum absolute atomic E-state index is 12.1. The van der Waals surface area contributed by atoms with Crippen molar-refractivity contribution in [3.63, 3.8) is 0 Å². The van der Waals surface area contributed by atoms with Gasteiger partial charge in [0.25, 0.3) is 0 Å². The van der Waals surface area contributed by atoms with Crippen LogP contribution in [0.25, 0.3) is 0 Å². The third kappa shape index (κ3) is 5.00. The Hall–Kier alpha value is -2.53. The highest BCUT2D eigenvalue weighted by molar-refractivity contribution is 5.76. The molecule has 1 unspecified atom stereocenters. The highest BCUT2D eigenvalue weighted by atomic mass is 16.5. The number of aliphatic hydroxyl groups is 1. The van der Waals surface area contributed by atoms with Crippen molar-refractivity contribution in [1.29, 1.82) is 0 Å². The van der Waals surface area contributed by atoms with E-state index in [0.29, 0.717) is 18.6 Å². The fourth-order valence-electron chi connectivity index (χ4n) is 2.28. The number of methoxy groups -OCH3 is 1. The van der Waals surface area contributed by atoms with E-state index in [0.717, 1.165) is 11.1 Å². The lowest BCUT2D eigenvalue weighted by atomic mass is 10.1. The molecule has 1 amide bonds. The number of phenols is 1. The third-order valence-corrected chi connectivity index (χ3v) is 3.59. The van der Waals surface area contributed by atoms with Gasteiger partial charge in [-0.05, 0) is 41.8 Å². The first kappa shape index (κ1) is 16.8. The Kier molecular flexibility index (Phi) is 6.00. The molecule has 0 fully saturated rings. The van der Waals surface area contributed by atoms with Crippen LogP contribution in [0, 0.1) is 0 Å². The summed E-state index contributed by atoms with van der Waals surface area (Å²) in [5.41, 5.74) is 1.77. The van der Waals surface area contributed by atoms with Crippen molar-refractivity contribution in [2.45, 2.75) is 18.9 Å². The molecule has 0 spiro atoms. The lowest BCUT2D eigenvalue weighted by molar-refractivity contribution is -0.122. The molecule has 122 valence electrons. The summed E-state index contributed by atoms with van der Waals surface area (Å²) >= 11 is 0. The molecule has 0 aromatic heterocycles. The summed E-state index contributed by atoms with van der Waals surface area (Å²) in [5.74, 6) is 0.746. The van der Waals surface area contributed by atoms with E-state index in [4.69, 9.17) is 4.74 Å². The molecule has 3 N–H and O–H groups in total. The minimum absolute atomic E-state index is 0.139. The Labute approximate surface area is 135 Å². The number of benzene rings is 2. The van der Waals surface area contributed by atoms with Crippen LogP contribution in [0.1, 0.15) is 23.6 Å². The molecule has 0 saturated carbocycles. The van der Waals surface area contributed by atoms with Crippen molar-refractivity contribution < 1.29 is 19.7 Å². The molecule has 1 atom stereocenters. The van der Waals surface area contributed by atoms with Gasteiger partial charge in [-0.25, -0.2) is 0 Å². The van der Waals surface area contributed by atoms with Gasteiger partial charge in [0.1, 0.15) is 11.5 Å². The number of aliphatic hydroxyl groups excluding tert-OH is 1. The van der Waals surface area contributed by atoms with Crippen molar-refractivity contribution in [1.82, 2.24) is 5.32 Å². The second-order valence-electron chi connectivity index (χ2n) is 5.25. The number of nitrogens with one attached hydrogen (secondary N) is 1. The van der Waals surface area contributed by atoms with E-state index in [2.05, 4.69) is 5.32 Å². The van der Waals surface area contributed by atoms with Crippen LogP contribution in [0.4, 0.5) is 0 Å². The molecule has 0 aliphatic carbocycles. The van der Waals surface area contributed by atoms with Crippen LogP contribution >= 0.6 is 0 Å². The van der Waals surface area contributed by atoms with E-state index < -0.39 is 6.04 Å². The first-order valence-corrected chi connectivity index (χ1v) is 7.44. The summed E-state index contributed by atoms with van der Waals surface area (Å²) in [4.78, 5) is 12.1. The predicted molar refractivity (Wildman–Crippen MR) is 87.4 cm³/mol. The van der Waals surface area contributed by atoms with Crippen LogP contribution in [-0.2, 0) is 11.2 Å². The number of carbonyl (C=O) groups is 1. The molecule has 0 aliphatic rings. The van der Waals surface area contributed by atoms with Crippen molar-refractivity contribution >= 4 is 5.91 Å². The van der Waals surface area contributed by atoms with Gasteiger partial charge in [-0.15, -0.1) is 0 Å². The van der Waals surface area contributed by atoms with E-state index in [1.54, 1.807) is 37.4 Å². The topological polar surface area (TPSA) is 78.8 Å². The quantitative estimate of drug-likeness (QED) is 0.732. The molecule has 0 saturated heterocycles. The zero-order valence-corrected chi connectivity index (χ0v) is 13.0. The number of hydrogen-bond acceptors (Lipinski definition) is 4. The van der Waals surface area contributed by atoms with Crippen molar-refractivity contribution in [3.8, 4) is 11.5 Å². The second-order valence-corrected chi connectivity index (χ2v) is 5.25. The maximum atomic E-state index is 12.1. The van der Waals surface area contributed by atoms with Crippen LogP contribution in [-0.4, -0.2) is 29.8 Å². The lowest BCUT2D eigenvalue weighted by Gasteiger charge is -2.17. The number of ether oxygens (including phenoxy) is 1. The molecule has 0 heterocycles. The van der Waals surface area contributed by atoms with Gasteiger partial charge in [0.2, 0.25) is 5.91 Å². The smallest absolute Gasteiger partial charge is 0.220 e. The van der Waals surface area contributed by atoms with E-state index in [9.17, 15) is 15.0 Å². The molecular formula is C18H21NO4. The van der Waals surface area contributed by atoms with Crippen LogP contribution in [0.2, 0.25) is 0 Å². The fourth-order valence-corrected chi connectivity index (χ4v) is 2.28. The summed E-state index contributed by atoms with van der Waals surface area (Å²) in [6.07, 6.45) is 0.883. The monoisotopic (exact) mass is 315 g/mol. The number of rotatable bonds is 7. The standard InChI is InChI=1S/C18H21NO4/c1-23-16-4-2-3-14(11-16)17(12-20)19-18(22)10-7-13-5-8-15(21)9-6-13/h2-6,8-9,11,17,20-21H,7,10,12H2,1H3,(H,19,22). The summed E-state index contributed by atoms with van der Waals surface area (Å²) < 4.78 is 5.15. The minimum Gasteiger partial charge on any atom is -0.508 e. The maximum Gasteiger partial charge on any atom is 0.220 e. The van der Waals surface area contributed by atoms with Crippen molar-refractivity contribution in [3.05, 3.63) is 59.7 Å². The SMILES string of the molecule is COc1cccc(C(CO)NC(=O)CCc2ccc(O)cc2)c1. The number of carbonyl (C=O) groups excluding carboxylic acids is 1. The Morgan fingerprint density at radius 3 is 2.61 bits per heavy atom. The van der Waals surface area contributed by atoms with Crippen molar-refractivity contribution in [2.24, 2.45) is 0 Å². The molecule has 0 bridgehead atoms. The molecule has 0 aliphatic heterocycles. The number of phenolic OH excluding ortho intramolecular Hbond substituents is 1. The van der Waals surface area contributed by atoms with E-state index in [1.165, 1.54) is 0 Å². The Morgan fingerprint density at radius 1 is 1.22 bits per heavy atom. The molecule has 5 heteroatoms. The Bertz CT molecular complexity index is 640. The first-order valence-electron chi connectivity index (χ1n) is 7.44. The highest BCUT2D eigenvalue weighted by Crippen LogP contribution is 2.19. The Balaban J connectivity index is 1.92. The lowest BCUT2D eigenvalue weighted by Crippen LogP contribution is -2.30. The molecule has 2 rings (SSSR count). The fraction of sp³-hybridized carbons (Fsp3) is 0.278. The van der Waals surface area contributed by atoms with Gasteiger partial charge in [0, 0.05) is 6.42 Å². The first-order chi connectivity index (χ1) is 11.1. The van der Waals surface area contributed by atoms with Gasteiger partial charge in [0.05, 0.1) is 19.8 Å². The summed E-state index contributed by atoms with van der Waals surface area (Å²) in [7, 11) is 1.57. The van der Waals surface area contributed by atoms with Gasteiger partial charge in [-0.2, -0.15) is 0 Å². The number of amides is 1. The summed E-state index contributed by atoms with van der Waals surface area (Å²) in [6.45, 7) is -0.182. The number of hydrogen-bond donors (Lipinski definition) is 3. The van der Waals surface area contributed by atoms with Gasteiger partial charge >= 0.3 is 0 Å². The normalized spacial score (nSPS) is 11.7. The van der Waals surface area contributed by atoms with Crippen LogP contribution in [0.3, 0.4) is 0 Å².